The molecule has 0 aliphatic carbocycles. The highest BCUT2D eigenvalue weighted by atomic mass is 32.2. The lowest BCUT2D eigenvalue weighted by Gasteiger charge is -2.44. The molecule has 0 amide bonds. The molecule has 0 aromatic heterocycles. The highest BCUT2D eigenvalue weighted by Gasteiger charge is 2.66. The number of unbranched alkanes of at least 4 members (excludes halogenated alkanes) is 1. The second-order valence-electron chi connectivity index (χ2n) is 7.93. The second-order valence-corrected chi connectivity index (χ2v) is 10.2. The van der Waals surface area contributed by atoms with Gasteiger partial charge in [-0.05, 0) is 38.4 Å². The number of nitrogens with zero attached hydrogens (tertiary/aromatic N) is 1. The molecule has 3 aliphatic heterocycles. The number of fused-ring (bicyclic) bond motifs is 3. The predicted molar refractivity (Wildman–Crippen MR) is 99.7 cm³/mol. The third-order valence-electron chi connectivity index (χ3n) is 6.72. The minimum Gasteiger partial charge on any atom is -0.346 e. The van der Waals surface area contributed by atoms with Crippen LogP contribution in [0.15, 0.2) is 35.2 Å². The van der Waals surface area contributed by atoms with Crippen LogP contribution in [0.25, 0.3) is 0 Å². The molecule has 0 unspecified atom stereocenters. The molecule has 3 aliphatic rings. The summed E-state index contributed by atoms with van der Waals surface area (Å²) in [5.74, 6) is -0.620. The highest BCUT2D eigenvalue weighted by Crippen LogP contribution is 2.55. The number of hydrogen-bond acceptors (Lipinski definition) is 5. The third-order valence-corrected chi connectivity index (χ3v) is 9.33. The largest absolute Gasteiger partial charge is 0.346 e. The van der Waals surface area contributed by atoms with E-state index in [0.717, 1.165) is 25.7 Å². The molecule has 0 N–H and O–H groups in total. The van der Waals surface area contributed by atoms with Crippen molar-refractivity contribution in [1.29, 1.82) is 0 Å². The summed E-state index contributed by atoms with van der Waals surface area (Å²) < 4.78 is 39.0. The highest BCUT2D eigenvalue weighted by molar-refractivity contribution is 7.93. The molecule has 1 spiro atoms. The molecule has 6 heteroatoms. The van der Waals surface area contributed by atoms with Crippen molar-refractivity contribution >= 4 is 9.84 Å². The lowest BCUT2D eigenvalue weighted by molar-refractivity contribution is -0.215. The van der Waals surface area contributed by atoms with E-state index in [9.17, 15) is 8.42 Å². The summed E-state index contributed by atoms with van der Waals surface area (Å²) in [7, 11) is -1.41. The minimum atomic E-state index is -3.46. The Bertz CT molecular complexity index is 744. The molecule has 26 heavy (non-hydrogen) atoms. The Hall–Kier alpha value is -0.950. The average molecular weight is 380 g/mol. The van der Waals surface area contributed by atoms with Gasteiger partial charge in [0, 0.05) is 12.5 Å². The van der Waals surface area contributed by atoms with E-state index in [-0.39, 0.29) is 12.1 Å². The quantitative estimate of drug-likeness (QED) is 0.787. The molecule has 1 aromatic carbocycles. The van der Waals surface area contributed by atoms with Crippen LogP contribution in [0.1, 0.15) is 45.4 Å². The van der Waals surface area contributed by atoms with Gasteiger partial charge in [-0.15, -0.1) is 0 Å². The Morgan fingerprint density at radius 3 is 2.50 bits per heavy atom. The first-order valence-corrected chi connectivity index (χ1v) is 11.2. The first-order chi connectivity index (χ1) is 12.5. The van der Waals surface area contributed by atoms with Crippen molar-refractivity contribution < 1.29 is 17.9 Å². The average Bonchev–Trinajstić information content (AvgIpc) is 3.18. The minimum absolute atomic E-state index is 0.000839. The first-order valence-electron chi connectivity index (χ1n) is 9.76. The van der Waals surface area contributed by atoms with Gasteiger partial charge in [0.05, 0.1) is 28.9 Å². The van der Waals surface area contributed by atoms with Crippen molar-refractivity contribution in [3.63, 3.8) is 0 Å². The molecule has 2 bridgehead atoms. The molecule has 3 fully saturated rings. The number of likely N-dealkylation sites (N-methyl/N-ethyl adjacent to an activating group) is 1. The van der Waals surface area contributed by atoms with Gasteiger partial charge in [-0.3, -0.25) is 4.90 Å². The van der Waals surface area contributed by atoms with Gasteiger partial charge in [-0.25, -0.2) is 8.42 Å². The first kappa shape index (κ1) is 18.4. The van der Waals surface area contributed by atoms with E-state index in [4.69, 9.17) is 9.47 Å². The molecule has 4 rings (SSSR count). The van der Waals surface area contributed by atoms with Crippen molar-refractivity contribution in [3.05, 3.63) is 30.3 Å². The molecule has 1 aromatic rings. The number of ether oxygens (including phenoxy) is 2. The Labute approximate surface area is 156 Å². The summed E-state index contributed by atoms with van der Waals surface area (Å²) in [6, 6.07) is 8.99. The topological polar surface area (TPSA) is 55.8 Å². The smallest absolute Gasteiger partial charge is 0.185 e. The number of rotatable bonds is 5. The Morgan fingerprint density at radius 1 is 1.15 bits per heavy atom. The Morgan fingerprint density at radius 2 is 1.85 bits per heavy atom. The summed E-state index contributed by atoms with van der Waals surface area (Å²) in [6.45, 7) is 3.32. The van der Waals surface area contributed by atoms with Crippen LogP contribution in [0.2, 0.25) is 0 Å². The fourth-order valence-corrected chi connectivity index (χ4v) is 7.86. The van der Waals surface area contributed by atoms with Gasteiger partial charge >= 0.3 is 0 Å². The van der Waals surface area contributed by atoms with Gasteiger partial charge in [0.25, 0.3) is 0 Å². The molecule has 0 radical (unpaired) electrons. The van der Waals surface area contributed by atoms with Gasteiger partial charge in [-0.1, -0.05) is 38.0 Å². The second kappa shape index (κ2) is 6.59. The van der Waals surface area contributed by atoms with Crippen molar-refractivity contribution in [2.75, 3.05) is 20.3 Å². The zero-order chi connectivity index (χ0) is 18.4. The summed E-state index contributed by atoms with van der Waals surface area (Å²) in [5.41, 5.74) is 0. The molecule has 3 heterocycles. The van der Waals surface area contributed by atoms with Gasteiger partial charge < -0.3 is 9.47 Å². The van der Waals surface area contributed by atoms with E-state index < -0.39 is 20.4 Å². The summed E-state index contributed by atoms with van der Waals surface area (Å²) >= 11 is 0. The Kier molecular flexibility index (Phi) is 4.66. The molecule has 144 valence electrons. The standard InChI is InChI=1S/C20H29NO4S/c1-3-4-11-19(26(22,23)16-8-6-5-7-9-16)15-18-20(24-13-14-25-20)12-10-17(19)21(18)2/h5-9,17-18H,3-4,10-15H2,1-2H3/t17-,18-,19-/m1/s1. The van der Waals surface area contributed by atoms with Crippen LogP contribution in [0.5, 0.6) is 0 Å². The molecule has 5 nitrogen and oxygen atoms in total. The zero-order valence-corrected chi connectivity index (χ0v) is 16.5. The fraction of sp³-hybridized carbons (Fsp3) is 0.700. The van der Waals surface area contributed by atoms with E-state index in [2.05, 4.69) is 18.9 Å². The normalized spacial score (nSPS) is 33.8. The van der Waals surface area contributed by atoms with E-state index in [1.807, 2.05) is 18.2 Å². The summed E-state index contributed by atoms with van der Waals surface area (Å²) in [5, 5.41) is 0. The van der Waals surface area contributed by atoms with E-state index in [1.54, 1.807) is 12.1 Å². The lowest BCUT2D eigenvalue weighted by Crippen LogP contribution is -2.56. The zero-order valence-electron chi connectivity index (χ0n) is 15.7. The maximum absolute atomic E-state index is 13.8. The molecular weight excluding hydrogens is 350 g/mol. The van der Waals surface area contributed by atoms with Gasteiger partial charge in [0.15, 0.2) is 15.6 Å². The van der Waals surface area contributed by atoms with Gasteiger partial charge in [0.2, 0.25) is 0 Å². The van der Waals surface area contributed by atoms with Crippen LogP contribution in [0.3, 0.4) is 0 Å². The van der Waals surface area contributed by atoms with Crippen LogP contribution in [-0.2, 0) is 19.3 Å². The number of benzene rings is 1. The maximum Gasteiger partial charge on any atom is 0.185 e. The molecule has 3 atom stereocenters. The molecule has 0 saturated carbocycles. The number of piperidine rings is 1. The summed E-state index contributed by atoms with van der Waals surface area (Å²) in [6.07, 6.45) is 4.77. The maximum atomic E-state index is 13.8. The predicted octanol–water partition coefficient (Wildman–Crippen LogP) is 3.00. The molecular formula is C20H29NO4S. The van der Waals surface area contributed by atoms with Crippen LogP contribution < -0.4 is 0 Å². The van der Waals surface area contributed by atoms with E-state index in [0.29, 0.717) is 31.0 Å². The van der Waals surface area contributed by atoms with Crippen molar-refractivity contribution in [2.45, 2.75) is 73.0 Å². The van der Waals surface area contributed by atoms with Crippen LogP contribution in [0.4, 0.5) is 0 Å². The van der Waals surface area contributed by atoms with Gasteiger partial charge in [-0.2, -0.15) is 0 Å². The SMILES string of the molecule is CCCC[C@@]1(S(=O)(=O)c2ccccc2)C[C@H]2N(C)[C@@H]1CCC21OCCO1. The van der Waals surface area contributed by atoms with E-state index in [1.165, 1.54) is 0 Å². The van der Waals surface area contributed by atoms with E-state index >= 15 is 0 Å². The lowest BCUT2D eigenvalue weighted by atomic mass is 9.91. The van der Waals surface area contributed by atoms with Crippen molar-refractivity contribution in [2.24, 2.45) is 0 Å². The van der Waals surface area contributed by atoms with Crippen LogP contribution >= 0.6 is 0 Å². The van der Waals surface area contributed by atoms with Crippen molar-refractivity contribution in [1.82, 2.24) is 4.90 Å². The monoisotopic (exact) mass is 379 g/mol. The van der Waals surface area contributed by atoms with Crippen molar-refractivity contribution in [3.8, 4) is 0 Å². The summed E-state index contributed by atoms with van der Waals surface area (Å²) in [4.78, 5) is 2.68. The van der Waals surface area contributed by atoms with Crippen LogP contribution in [0, 0.1) is 0 Å². The third kappa shape index (κ3) is 2.49. The fourth-order valence-electron chi connectivity index (χ4n) is 5.44. The number of hydrogen-bond donors (Lipinski definition) is 0. The van der Waals surface area contributed by atoms with Gasteiger partial charge in [0.1, 0.15) is 0 Å². The molecule has 3 saturated heterocycles. The number of sulfone groups is 1. The van der Waals surface area contributed by atoms with Crippen LogP contribution in [-0.4, -0.2) is 56.2 Å². The Balaban J connectivity index is 1.79.